The first-order valence-electron chi connectivity index (χ1n) is 9.19. The number of nitrogens with zero attached hydrogens (tertiary/aromatic N) is 1. The number of aromatic amines is 1. The van der Waals surface area contributed by atoms with E-state index in [1.807, 2.05) is 13.8 Å². The molecule has 2 heterocycles. The fourth-order valence-electron chi connectivity index (χ4n) is 3.44. The Hall–Kier alpha value is -2.00. The topological polar surface area (TPSA) is 98.9 Å². The summed E-state index contributed by atoms with van der Waals surface area (Å²) < 4.78 is 0. The lowest BCUT2D eigenvalue weighted by molar-refractivity contribution is -0.121. The first-order chi connectivity index (χ1) is 12.8. The highest BCUT2D eigenvalue weighted by molar-refractivity contribution is 7.80. The van der Waals surface area contributed by atoms with Gasteiger partial charge in [-0.3, -0.25) is 20.4 Å². The SMILES string of the molecule is Cc1sc2nc(CC(=O)NNC(=S)N[C@@H]3CCCC[C@@H]3C)[nH]c(=O)c2c1C. The van der Waals surface area contributed by atoms with E-state index in [9.17, 15) is 9.59 Å². The van der Waals surface area contributed by atoms with E-state index < -0.39 is 0 Å². The number of carbonyl (C=O) groups is 1. The Kier molecular flexibility index (Phi) is 6.11. The van der Waals surface area contributed by atoms with Crippen molar-refractivity contribution in [3.63, 3.8) is 0 Å². The summed E-state index contributed by atoms with van der Waals surface area (Å²) in [5.74, 6) is 0.587. The zero-order chi connectivity index (χ0) is 19.6. The molecule has 0 aliphatic heterocycles. The molecule has 27 heavy (non-hydrogen) atoms. The number of amides is 1. The molecule has 7 nitrogen and oxygen atoms in total. The third kappa shape index (κ3) is 4.65. The molecule has 9 heteroatoms. The van der Waals surface area contributed by atoms with Gasteiger partial charge in [0.25, 0.3) is 5.56 Å². The van der Waals surface area contributed by atoms with Crippen molar-refractivity contribution in [3.05, 3.63) is 26.6 Å². The van der Waals surface area contributed by atoms with Crippen molar-refractivity contribution in [3.8, 4) is 0 Å². The number of aromatic nitrogens is 2. The number of rotatable bonds is 3. The van der Waals surface area contributed by atoms with E-state index in [4.69, 9.17) is 12.2 Å². The van der Waals surface area contributed by atoms with Crippen LogP contribution in [-0.2, 0) is 11.2 Å². The summed E-state index contributed by atoms with van der Waals surface area (Å²) in [6, 6.07) is 0.335. The Balaban J connectivity index is 1.55. The quantitative estimate of drug-likeness (QED) is 0.460. The fraction of sp³-hybridized carbons (Fsp3) is 0.556. The molecule has 2 aromatic rings. The largest absolute Gasteiger partial charge is 0.358 e. The number of carbonyl (C=O) groups excluding carboxylic acids is 1. The molecule has 0 radical (unpaired) electrons. The van der Waals surface area contributed by atoms with Gasteiger partial charge < -0.3 is 10.3 Å². The van der Waals surface area contributed by atoms with E-state index in [0.29, 0.717) is 33.1 Å². The van der Waals surface area contributed by atoms with Crippen molar-refractivity contribution < 1.29 is 4.79 Å². The summed E-state index contributed by atoms with van der Waals surface area (Å²) in [6.45, 7) is 6.07. The van der Waals surface area contributed by atoms with Gasteiger partial charge in [0.15, 0.2) is 5.11 Å². The summed E-state index contributed by atoms with van der Waals surface area (Å²) >= 11 is 6.73. The average molecular weight is 408 g/mol. The van der Waals surface area contributed by atoms with Gasteiger partial charge >= 0.3 is 0 Å². The van der Waals surface area contributed by atoms with Crippen LogP contribution in [0.3, 0.4) is 0 Å². The maximum Gasteiger partial charge on any atom is 0.259 e. The highest BCUT2D eigenvalue weighted by atomic mass is 32.1. The van der Waals surface area contributed by atoms with Crippen LogP contribution < -0.4 is 21.7 Å². The van der Waals surface area contributed by atoms with Crippen LogP contribution in [0.1, 0.15) is 48.9 Å². The second-order valence-corrected chi connectivity index (χ2v) is 8.78. The molecule has 1 aliphatic rings. The molecule has 0 saturated heterocycles. The molecule has 2 aromatic heterocycles. The minimum atomic E-state index is -0.316. The number of nitrogens with one attached hydrogen (secondary N) is 4. The number of fused-ring (bicyclic) bond motifs is 1. The second kappa shape index (κ2) is 8.35. The van der Waals surface area contributed by atoms with Crippen molar-refractivity contribution in [1.29, 1.82) is 0 Å². The van der Waals surface area contributed by atoms with E-state index >= 15 is 0 Å². The normalized spacial score (nSPS) is 19.7. The Bertz CT molecular complexity index is 920. The first kappa shape index (κ1) is 19.8. The number of aryl methyl sites for hydroxylation is 2. The maximum atomic E-state index is 12.3. The van der Waals surface area contributed by atoms with E-state index in [0.717, 1.165) is 16.9 Å². The number of hydrogen-bond donors (Lipinski definition) is 4. The van der Waals surface area contributed by atoms with Crippen LogP contribution in [0.4, 0.5) is 0 Å². The molecule has 0 spiro atoms. The van der Waals surface area contributed by atoms with Crippen LogP contribution in [0, 0.1) is 19.8 Å². The molecule has 1 amide bonds. The van der Waals surface area contributed by atoms with Crippen LogP contribution in [0.15, 0.2) is 4.79 Å². The molecular formula is C18H25N5O2S2. The smallest absolute Gasteiger partial charge is 0.259 e. The van der Waals surface area contributed by atoms with Gasteiger partial charge in [0.1, 0.15) is 10.7 Å². The average Bonchev–Trinajstić information content (AvgIpc) is 2.89. The minimum absolute atomic E-state index is 0.0311. The number of hydrogen-bond acceptors (Lipinski definition) is 5. The van der Waals surface area contributed by atoms with Crippen molar-refractivity contribution in [2.75, 3.05) is 0 Å². The number of hydrazine groups is 1. The number of thiophene rings is 1. The summed E-state index contributed by atoms with van der Waals surface area (Å²) in [5.41, 5.74) is 6.04. The van der Waals surface area contributed by atoms with Crippen LogP contribution in [-0.4, -0.2) is 27.0 Å². The molecule has 146 valence electrons. The maximum absolute atomic E-state index is 12.3. The second-order valence-electron chi connectivity index (χ2n) is 7.17. The fourth-order valence-corrected chi connectivity index (χ4v) is 4.69. The molecule has 3 rings (SSSR count). The molecule has 0 aromatic carbocycles. The summed E-state index contributed by atoms with van der Waals surface area (Å²) in [7, 11) is 0. The lowest BCUT2D eigenvalue weighted by Crippen LogP contribution is -2.52. The van der Waals surface area contributed by atoms with Crippen LogP contribution in [0.25, 0.3) is 10.2 Å². The molecule has 1 fully saturated rings. The standard InChI is InChI=1S/C18H25N5O2S2/c1-9-6-4-5-7-12(9)19-18(26)23-22-14(24)8-13-20-16(25)15-10(2)11(3)27-17(15)21-13/h9,12H,4-8H2,1-3H3,(H,22,24)(H2,19,23,26)(H,20,21,25)/t9-,12+/m0/s1. The number of thiocarbonyl (C=S) groups is 1. The van der Waals surface area contributed by atoms with Gasteiger partial charge in [-0.15, -0.1) is 11.3 Å². The molecule has 4 N–H and O–H groups in total. The van der Waals surface area contributed by atoms with E-state index in [1.54, 1.807) is 0 Å². The van der Waals surface area contributed by atoms with Gasteiger partial charge in [0.05, 0.1) is 11.8 Å². The van der Waals surface area contributed by atoms with Gasteiger partial charge in [0.2, 0.25) is 5.91 Å². The van der Waals surface area contributed by atoms with Crippen molar-refractivity contribution in [2.45, 2.75) is 58.9 Å². The lowest BCUT2D eigenvalue weighted by atomic mass is 9.86. The Morgan fingerprint density at radius 3 is 2.78 bits per heavy atom. The van der Waals surface area contributed by atoms with Gasteiger partial charge in [0, 0.05) is 10.9 Å². The van der Waals surface area contributed by atoms with E-state index in [2.05, 4.69) is 33.1 Å². The predicted octanol–water partition coefficient (Wildman–Crippen LogP) is 2.22. The Morgan fingerprint density at radius 1 is 1.30 bits per heavy atom. The predicted molar refractivity (Wildman–Crippen MR) is 112 cm³/mol. The third-order valence-corrected chi connectivity index (χ3v) is 6.48. The minimum Gasteiger partial charge on any atom is -0.358 e. The Morgan fingerprint density at radius 2 is 2.04 bits per heavy atom. The highest BCUT2D eigenvalue weighted by Gasteiger charge is 2.21. The summed E-state index contributed by atoms with van der Waals surface area (Å²) in [5, 5.41) is 4.27. The van der Waals surface area contributed by atoms with Crippen LogP contribution >= 0.6 is 23.6 Å². The molecular weight excluding hydrogens is 382 g/mol. The Labute approximate surface area is 167 Å². The van der Waals surface area contributed by atoms with E-state index in [1.165, 1.54) is 30.6 Å². The van der Waals surface area contributed by atoms with Crippen molar-refractivity contribution in [1.82, 2.24) is 26.1 Å². The highest BCUT2D eigenvalue weighted by Crippen LogP contribution is 2.25. The summed E-state index contributed by atoms with van der Waals surface area (Å²) in [4.78, 5) is 33.3. The zero-order valence-corrected chi connectivity index (χ0v) is 17.4. The molecule has 1 aliphatic carbocycles. The van der Waals surface area contributed by atoms with Crippen molar-refractivity contribution in [2.24, 2.45) is 5.92 Å². The first-order valence-corrected chi connectivity index (χ1v) is 10.4. The van der Waals surface area contributed by atoms with Crippen LogP contribution in [0.2, 0.25) is 0 Å². The lowest BCUT2D eigenvalue weighted by Gasteiger charge is -2.30. The monoisotopic (exact) mass is 407 g/mol. The summed E-state index contributed by atoms with van der Waals surface area (Å²) in [6.07, 6.45) is 4.70. The molecule has 0 unspecified atom stereocenters. The third-order valence-electron chi connectivity index (χ3n) is 5.16. The van der Waals surface area contributed by atoms with E-state index in [-0.39, 0.29) is 17.9 Å². The molecule has 1 saturated carbocycles. The van der Waals surface area contributed by atoms with Gasteiger partial charge in [-0.05, 0) is 50.4 Å². The van der Waals surface area contributed by atoms with Crippen LogP contribution in [0.5, 0.6) is 0 Å². The number of H-pyrrole nitrogens is 1. The zero-order valence-electron chi connectivity index (χ0n) is 15.8. The van der Waals surface area contributed by atoms with Crippen molar-refractivity contribution >= 4 is 44.8 Å². The molecule has 2 atom stereocenters. The van der Waals surface area contributed by atoms with Gasteiger partial charge in [-0.2, -0.15) is 0 Å². The molecule has 0 bridgehead atoms. The van der Waals surface area contributed by atoms with Gasteiger partial charge in [-0.1, -0.05) is 19.8 Å². The van der Waals surface area contributed by atoms with Gasteiger partial charge in [-0.25, -0.2) is 4.98 Å².